The highest BCUT2D eigenvalue weighted by Gasteiger charge is 2.30. The number of para-hydroxylation sites is 1. The first-order valence-electron chi connectivity index (χ1n) is 11.8. The number of aryl methyl sites for hydroxylation is 1. The van der Waals surface area contributed by atoms with Crippen molar-refractivity contribution in [2.75, 3.05) is 39.8 Å². The van der Waals surface area contributed by atoms with Gasteiger partial charge in [-0.1, -0.05) is 48.5 Å². The van der Waals surface area contributed by atoms with Crippen LogP contribution < -0.4 is 0 Å². The molecule has 0 atom stereocenters. The maximum atomic E-state index is 13.8. The van der Waals surface area contributed by atoms with Gasteiger partial charge in [-0.25, -0.2) is 0 Å². The van der Waals surface area contributed by atoms with Gasteiger partial charge in [0.2, 0.25) is 5.91 Å². The van der Waals surface area contributed by atoms with Crippen LogP contribution >= 0.6 is 0 Å². The van der Waals surface area contributed by atoms with Crippen molar-refractivity contribution in [1.82, 2.24) is 19.7 Å². The van der Waals surface area contributed by atoms with Gasteiger partial charge in [-0.3, -0.25) is 14.6 Å². The molecule has 0 radical (unpaired) electrons. The van der Waals surface area contributed by atoms with Crippen LogP contribution in [0.15, 0.2) is 54.6 Å². The second kappa shape index (κ2) is 9.32. The average Bonchev–Trinajstić information content (AvgIpc) is 2.86. The Morgan fingerprint density at radius 2 is 1.61 bits per heavy atom. The summed E-state index contributed by atoms with van der Waals surface area (Å²) in [5.41, 5.74) is 4.65. The molecule has 3 aromatic rings. The van der Waals surface area contributed by atoms with E-state index in [1.165, 1.54) is 5.56 Å². The summed E-state index contributed by atoms with van der Waals surface area (Å²) in [6.07, 6.45) is 1.88. The molecule has 2 amide bonds. The van der Waals surface area contributed by atoms with Crippen LogP contribution in [0, 0.1) is 0 Å². The summed E-state index contributed by atoms with van der Waals surface area (Å²) in [5, 5.41) is 0.888. The summed E-state index contributed by atoms with van der Waals surface area (Å²) < 4.78 is 0. The predicted octanol–water partition coefficient (Wildman–Crippen LogP) is 3.14. The van der Waals surface area contributed by atoms with Crippen LogP contribution in [-0.2, 0) is 24.2 Å². The fraction of sp³-hybridized carbons (Fsp3) is 0.370. The third kappa shape index (κ3) is 4.48. The maximum Gasteiger partial charge on any atom is 0.255 e. The summed E-state index contributed by atoms with van der Waals surface area (Å²) in [5.74, 6) is 0.201. The van der Waals surface area contributed by atoms with E-state index in [4.69, 9.17) is 4.98 Å². The molecule has 170 valence electrons. The normalized spacial score (nSPS) is 16.6. The number of carbonyl (C=O) groups excluding carboxylic acids is 2. The van der Waals surface area contributed by atoms with Crippen molar-refractivity contribution in [2.24, 2.45) is 0 Å². The van der Waals surface area contributed by atoms with Gasteiger partial charge in [0, 0.05) is 68.8 Å². The van der Waals surface area contributed by atoms with E-state index in [1.54, 1.807) is 0 Å². The lowest BCUT2D eigenvalue weighted by Gasteiger charge is -2.35. The van der Waals surface area contributed by atoms with Gasteiger partial charge in [0.25, 0.3) is 5.91 Å². The van der Waals surface area contributed by atoms with Crippen molar-refractivity contribution in [3.8, 4) is 0 Å². The molecule has 6 nitrogen and oxygen atoms in total. The molecular weight excluding hydrogens is 412 g/mol. The van der Waals surface area contributed by atoms with Crippen molar-refractivity contribution < 1.29 is 9.59 Å². The monoisotopic (exact) mass is 442 g/mol. The molecule has 0 aliphatic carbocycles. The number of likely N-dealkylation sites (N-methyl/N-ethyl adjacent to an activating group) is 1. The van der Waals surface area contributed by atoms with E-state index in [0.29, 0.717) is 25.9 Å². The van der Waals surface area contributed by atoms with Crippen molar-refractivity contribution in [1.29, 1.82) is 0 Å². The van der Waals surface area contributed by atoms with E-state index >= 15 is 0 Å². The molecule has 2 aromatic carbocycles. The molecule has 0 saturated carbocycles. The van der Waals surface area contributed by atoms with Gasteiger partial charge in [0.15, 0.2) is 0 Å². The summed E-state index contributed by atoms with van der Waals surface area (Å²) in [6, 6.07) is 18.0. The molecule has 6 heteroatoms. The Kier molecular flexibility index (Phi) is 6.09. The van der Waals surface area contributed by atoms with Crippen LogP contribution in [0.25, 0.3) is 10.9 Å². The molecule has 1 aromatic heterocycles. The number of hydrogen-bond donors (Lipinski definition) is 0. The summed E-state index contributed by atoms with van der Waals surface area (Å²) in [6.45, 7) is 4.30. The number of piperazine rings is 1. The van der Waals surface area contributed by atoms with Crippen LogP contribution in [0.4, 0.5) is 0 Å². The fourth-order valence-corrected chi connectivity index (χ4v) is 4.87. The second-order valence-electron chi connectivity index (χ2n) is 9.08. The van der Waals surface area contributed by atoms with Gasteiger partial charge in [-0.05, 0) is 25.1 Å². The van der Waals surface area contributed by atoms with Crippen LogP contribution in [0.1, 0.15) is 33.6 Å². The Morgan fingerprint density at radius 1 is 0.879 bits per heavy atom. The Labute approximate surface area is 194 Å². The van der Waals surface area contributed by atoms with Crippen molar-refractivity contribution in [3.63, 3.8) is 0 Å². The van der Waals surface area contributed by atoms with Gasteiger partial charge >= 0.3 is 0 Å². The standard InChI is InChI=1S/C27H30N4O2/c1-29-15-17-30(18-16-29)27(33)26-21-9-5-6-10-23(21)28-24-13-14-31(19-22(24)26)25(32)12-11-20-7-3-2-4-8-20/h2-10H,11-19H2,1H3. The first-order chi connectivity index (χ1) is 16.1. The number of carbonyl (C=O) groups is 2. The fourth-order valence-electron chi connectivity index (χ4n) is 4.87. The van der Waals surface area contributed by atoms with Crippen molar-refractivity contribution in [2.45, 2.75) is 25.8 Å². The topological polar surface area (TPSA) is 56.8 Å². The molecule has 1 saturated heterocycles. The van der Waals surface area contributed by atoms with E-state index in [0.717, 1.165) is 60.3 Å². The number of amides is 2. The number of benzene rings is 2. The minimum atomic E-state index is 0.0662. The summed E-state index contributed by atoms with van der Waals surface area (Å²) in [4.78, 5) is 37.8. The number of rotatable bonds is 4. The lowest BCUT2D eigenvalue weighted by molar-refractivity contribution is -0.132. The Morgan fingerprint density at radius 3 is 2.39 bits per heavy atom. The Balaban J connectivity index is 1.43. The summed E-state index contributed by atoms with van der Waals surface area (Å²) >= 11 is 0. The van der Waals surface area contributed by atoms with Gasteiger partial charge in [-0.2, -0.15) is 0 Å². The molecule has 0 spiro atoms. The third-order valence-corrected chi connectivity index (χ3v) is 6.87. The third-order valence-electron chi connectivity index (χ3n) is 6.87. The predicted molar refractivity (Wildman–Crippen MR) is 129 cm³/mol. The lowest BCUT2D eigenvalue weighted by atomic mass is 9.94. The van der Waals surface area contributed by atoms with Crippen LogP contribution in [0.5, 0.6) is 0 Å². The number of hydrogen-bond acceptors (Lipinski definition) is 4. The highest BCUT2D eigenvalue weighted by molar-refractivity contribution is 6.08. The molecular formula is C27H30N4O2. The second-order valence-corrected chi connectivity index (χ2v) is 9.08. The molecule has 0 unspecified atom stereocenters. The van der Waals surface area contributed by atoms with E-state index in [-0.39, 0.29) is 11.8 Å². The molecule has 5 rings (SSSR count). The molecule has 3 heterocycles. The zero-order chi connectivity index (χ0) is 22.8. The molecule has 0 N–H and O–H groups in total. The summed E-state index contributed by atoms with van der Waals surface area (Å²) in [7, 11) is 2.09. The van der Waals surface area contributed by atoms with Crippen molar-refractivity contribution >= 4 is 22.7 Å². The van der Waals surface area contributed by atoms with E-state index in [1.807, 2.05) is 52.3 Å². The van der Waals surface area contributed by atoms with Crippen LogP contribution in [-0.4, -0.2) is 71.3 Å². The molecule has 1 fully saturated rings. The molecule has 2 aliphatic heterocycles. The van der Waals surface area contributed by atoms with E-state index < -0.39 is 0 Å². The number of aromatic nitrogens is 1. The lowest BCUT2D eigenvalue weighted by Crippen LogP contribution is -2.47. The Bertz CT molecular complexity index is 1170. The van der Waals surface area contributed by atoms with Crippen molar-refractivity contribution in [3.05, 3.63) is 77.0 Å². The van der Waals surface area contributed by atoms with Gasteiger partial charge in [0.05, 0.1) is 11.1 Å². The largest absolute Gasteiger partial charge is 0.338 e. The molecule has 0 bridgehead atoms. The smallest absolute Gasteiger partial charge is 0.255 e. The Hall–Kier alpha value is -3.25. The van der Waals surface area contributed by atoms with E-state index in [2.05, 4.69) is 24.1 Å². The van der Waals surface area contributed by atoms with E-state index in [9.17, 15) is 9.59 Å². The average molecular weight is 443 g/mol. The SMILES string of the molecule is CN1CCN(C(=O)c2c3c(nc4ccccc24)CCN(C(=O)CCc2ccccc2)C3)CC1. The first-order valence-corrected chi connectivity index (χ1v) is 11.8. The number of fused-ring (bicyclic) bond motifs is 2. The number of nitrogens with zero attached hydrogens (tertiary/aromatic N) is 4. The highest BCUT2D eigenvalue weighted by atomic mass is 16.2. The van der Waals surface area contributed by atoms with Crippen LogP contribution in [0.2, 0.25) is 0 Å². The minimum absolute atomic E-state index is 0.0662. The van der Waals surface area contributed by atoms with Gasteiger partial charge < -0.3 is 14.7 Å². The zero-order valence-corrected chi connectivity index (χ0v) is 19.2. The maximum absolute atomic E-state index is 13.8. The molecule has 33 heavy (non-hydrogen) atoms. The molecule has 2 aliphatic rings. The minimum Gasteiger partial charge on any atom is -0.338 e. The van der Waals surface area contributed by atoms with Gasteiger partial charge in [0.1, 0.15) is 0 Å². The zero-order valence-electron chi connectivity index (χ0n) is 19.2. The highest BCUT2D eigenvalue weighted by Crippen LogP contribution is 2.30. The van der Waals surface area contributed by atoms with Crippen LogP contribution in [0.3, 0.4) is 0 Å². The van der Waals surface area contributed by atoms with Gasteiger partial charge in [-0.15, -0.1) is 0 Å². The first kappa shape index (κ1) is 21.6. The number of pyridine rings is 1. The quantitative estimate of drug-likeness (QED) is 0.623.